The highest BCUT2D eigenvalue weighted by Gasteiger charge is 2.43. The minimum absolute atomic E-state index is 0.0588. The molecule has 0 aromatic carbocycles. The molecule has 0 fully saturated rings. The van der Waals surface area contributed by atoms with Gasteiger partial charge in [-0.05, 0) is 41.5 Å². The molecule has 0 N–H and O–H groups in total. The predicted octanol–water partition coefficient (Wildman–Crippen LogP) is 3.89. The van der Waals surface area contributed by atoms with E-state index in [2.05, 4.69) is 37.2 Å². The van der Waals surface area contributed by atoms with Crippen LogP contribution in [0.25, 0.3) is 0 Å². The van der Waals surface area contributed by atoms with Crippen LogP contribution < -0.4 is 0 Å². The standard InChI is InChI=1S/C14H28N2O2S/c1-9(2)12(17)13(14(7,8)19-15-18)16(10(3)4)11(5)6/h9-11,13H,1-8H3. The molecule has 0 bridgehead atoms. The second-order valence-corrected chi connectivity index (χ2v) is 7.75. The number of Topliss-reactive ketones (excluding diaryl/α,β-unsaturated/α-hetero) is 1. The van der Waals surface area contributed by atoms with Crippen molar-refractivity contribution < 1.29 is 4.79 Å². The molecule has 0 heterocycles. The van der Waals surface area contributed by atoms with E-state index in [0.717, 1.165) is 11.9 Å². The molecule has 0 radical (unpaired) electrons. The molecule has 0 aliphatic rings. The molecule has 0 saturated heterocycles. The molecule has 0 aromatic heterocycles. The number of nitrogens with zero attached hydrogens (tertiary/aromatic N) is 2. The van der Waals surface area contributed by atoms with E-state index in [-0.39, 0.29) is 29.8 Å². The lowest BCUT2D eigenvalue weighted by molar-refractivity contribution is -0.130. The van der Waals surface area contributed by atoms with Gasteiger partial charge in [-0.3, -0.25) is 9.69 Å². The predicted molar refractivity (Wildman–Crippen MR) is 83.2 cm³/mol. The molecular formula is C14H28N2O2S. The Balaban J connectivity index is 5.61. The molecule has 1 unspecified atom stereocenters. The van der Waals surface area contributed by atoms with E-state index in [1.807, 2.05) is 27.7 Å². The van der Waals surface area contributed by atoms with Crippen LogP contribution in [0.2, 0.25) is 0 Å². The first-order valence-corrected chi connectivity index (χ1v) is 7.65. The maximum atomic E-state index is 12.6. The fourth-order valence-electron chi connectivity index (χ4n) is 2.50. The number of carbonyl (C=O) groups is 1. The summed E-state index contributed by atoms with van der Waals surface area (Å²) in [6.07, 6.45) is 0. The van der Waals surface area contributed by atoms with E-state index in [1.165, 1.54) is 0 Å². The van der Waals surface area contributed by atoms with Gasteiger partial charge in [-0.1, -0.05) is 13.8 Å². The van der Waals surface area contributed by atoms with Gasteiger partial charge in [0.2, 0.25) is 0 Å². The summed E-state index contributed by atoms with van der Waals surface area (Å²) in [5.74, 6) is 0.111. The smallest absolute Gasteiger partial charge is 0.153 e. The molecule has 19 heavy (non-hydrogen) atoms. The Morgan fingerprint density at radius 2 is 1.47 bits per heavy atom. The van der Waals surface area contributed by atoms with Gasteiger partial charge in [-0.25, -0.2) is 0 Å². The molecule has 0 amide bonds. The van der Waals surface area contributed by atoms with Crippen molar-refractivity contribution in [2.45, 2.75) is 78.3 Å². The molecule has 0 aromatic rings. The molecule has 0 rings (SSSR count). The van der Waals surface area contributed by atoms with Crippen LogP contribution in [-0.4, -0.2) is 33.6 Å². The van der Waals surface area contributed by atoms with Crippen molar-refractivity contribution in [1.29, 1.82) is 0 Å². The van der Waals surface area contributed by atoms with Gasteiger partial charge >= 0.3 is 0 Å². The fourth-order valence-corrected chi connectivity index (χ4v) is 3.03. The van der Waals surface area contributed by atoms with Crippen LogP contribution in [0.5, 0.6) is 0 Å². The Hall–Kier alpha value is -0.420. The lowest BCUT2D eigenvalue weighted by Gasteiger charge is -2.44. The molecule has 0 aliphatic heterocycles. The van der Waals surface area contributed by atoms with Crippen LogP contribution in [-0.2, 0) is 4.79 Å². The van der Waals surface area contributed by atoms with Crippen molar-refractivity contribution >= 4 is 17.7 Å². The molecule has 0 saturated carbocycles. The summed E-state index contributed by atoms with van der Waals surface area (Å²) in [7, 11) is 0. The van der Waals surface area contributed by atoms with Gasteiger partial charge in [-0.2, -0.15) is 0 Å². The van der Waals surface area contributed by atoms with Gasteiger partial charge in [0.15, 0.2) is 5.78 Å². The van der Waals surface area contributed by atoms with Crippen molar-refractivity contribution in [2.75, 3.05) is 0 Å². The molecule has 0 aliphatic carbocycles. The zero-order valence-corrected chi connectivity index (χ0v) is 14.2. The average molecular weight is 288 g/mol. The van der Waals surface area contributed by atoms with Gasteiger partial charge in [0.1, 0.15) is 0 Å². The number of hydrogen-bond donors (Lipinski definition) is 0. The van der Waals surface area contributed by atoms with E-state index >= 15 is 0 Å². The highest BCUT2D eigenvalue weighted by Crippen LogP contribution is 2.35. The Labute approximate surface area is 121 Å². The molecule has 1 atom stereocenters. The number of rotatable bonds is 8. The summed E-state index contributed by atoms with van der Waals surface area (Å²) in [5, 5.41) is 0. The van der Waals surface area contributed by atoms with Crippen molar-refractivity contribution in [3.05, 3.63) is 4.91 Å². The minimum Gasteiger partial charge on any atom is -0.298 e. The fraction of sp³-hybridized carbons (Fsp3) is 0.929. The number of hydrogen-bond acceptors (Lipinski definition) is 5. The second kappa shape index (κ2) is 7.39. The minimum atomic E-state index is -0.530. The average Bonchev–Trinajstić information content (AvgIpc) is 2.22. The third-order valence-corrected chi connectivity index (χ3v) is 4.03. The quantitative estimate of drug-likeness (QED) is 0.502. The Morgan fingerprint density at radius 1 is 1.05 bits per heavy atom. The Bertz CT molecular complexity index is 307. The van der Waals surface area contributed by atoms with E-state index in [0.29, 0.717) is 0 Å². The zero-order valence-electron chi connectivity index (χ0n) is 13.4. The zero-order chi connectivity index (χ0) is 15.4. The highest BCUT2D eigenvalue weighted by molar-refractivity contribution is 7.99. The van der Waals surface area contributed by atoms with Gasteiger partial charge in [0.25, 0.3) is 0 Å². The first-order chi connectivity index (χ1) is 8.56. The van der Waals surface area contributed by atoms with Gasteiger partial charge in [0, 0.05) is 34.5 Å². The summed E-state index contributed by atoms with van der Waals surface area (Å²) >= 11 is 0.957. The Morgan fingerprint density at radius 3 is 1.74 bits per heavy atom. The van der Waals surface area contributed by atoms with E-state index < -0.39 is 4.75 Å². The summed E-state index contributed by atoms with van der Waals surface area (Å²) in [6.45, 7) is 16.0. The van der Waals surface area contributed by atoms with Gasteiger partial charge < -0.3 is 0 Å². The van der Waals surface area contributed by atoms with Crippen LogP contribution in [0.3, 0.4) is 0 Å². The first-order valence-electron chi connectivity index (χ1n) is 6.88. The summed E-state index contributed by atoms with van der Waals surface area (Å²) in [4.78, 5) is 25.5. The van der Waals surface area contributed by atoms with Crippen LogP contribution in [0, 0.1) is 10.8 Å². The SMILES string of the molecule is CC(C)C(=O)C(N(C(C)C)C(C)C)C(C)(C)SN=O. The summed E-state index contributed by atoms with van der Waals surface area (Å²) in [5.41, 5.74) is 0. The van der Waals surface area contributed by atoms with Crippen LogP contribution in [0.4, 0.5) is 0 Å². The number of nitroso groups, excluding NO2 is 1. The topological polar surface area (TPSA) is 49.7 Å². The summed E-state index contributed by atoms with van der Waals surface area (Å²) < 4.78 is 2.43. The molecule has 5 heteroatoms. The Kier molecular flexibility index (Phi) is 7.22. The van der Waals surface area contributed by atoms with Gasteiger partial charge in [-0.15, -0.1) is 4.91 Å². The monoisotopic (exact) mass is 288 g/mol. The normalized spacial score (nSPS) is 14.5. The van der Waals surface area contributed by atoms with Crippen molar-refractivity contribution in [3.63, 3.8) is 0 Å². The van der Waals surface area contributed by atoms with Crippen molar-refractivity contribution in [3.8, 4) is 0 Å². The third kappa shape index (κ3) is 4.88. The van der Waals surface area contributed by atoms with Gasteiger partial charge in [0.05, 0.1) is 10.8 Å². The van der Waals surface area contributed by atoms with Crippen molar-refractivity contribution in [1.82, 2.24) is 4.90 Å². The third-order valence-electron chi connectivity index (χ3n) is 3.26. The first kappa shape index (κ1) is 18.6. The molecule has 0 spiro atoms. The lowest BCUT2D eigenvalue weighted by atomic mass is 9.89. The molecule has 112 valence electrons. The molecule has 4 nitrogen and oxygen atoms in total. The van der Waals surface area contributed by atoms with E-state index in [9.17, 15) is 9.70 Å². The van der Waals surface area contributed by atoms with E-state index in [1.54, 1.807) is 0 Å². The number of carbonyl (C=O) groups excluding carboxylic acids is 1. The maximum absolute atomic E-state index is 12.6. The maximum Gasteiger partial charge on any atom is 0.153 e. The number of ketones is 1. The van der Waals surface area contributed by atoms with E-state index in [4.69, 9.17) is 0 Å². The lowest BCUT2D eigenvalue weighted by Crippen LogP contribution is -2.58. The van der Waals surface area contributed by atoms with Crippen LogP contribution in [0.15, 0.2) is 4.58 Å². The van der Waals surface area contributed by atoms with Crippen LogP contribution in [0.1, 0.15) is 55.4 Å². The molecular weight excluding hydrogens is 260 g/mol. The largest absolute Gasteiger partial charge is 0.298 e. The van der Waals surface area contributed by atoms with Crippen LogP contribution >= 0.6 is 11.9 Å². The summed E-state index contributed by atoms with van der Waals surface area (Å²) in [6, 6.07) is 0.161. The van der Waals surface area contributed by atoms with Crippen molar-refractivity contribution in [2.24, 2.45) is 10.5 Å². The second-order valence-electron chi connectivity index (χ2n) is 6.36. The highest BCUT2D eigenvalue weighted by atomic mass is 32.2.